The van der Waals surface area contributed by atoms with Crippen LogP contribution in [0.25, 0.3) is 21.9 Å². The van der Waals surface area contributed by atoms with Crippen LogP contribution in [0.4, 0.5) is 5.82 Å². The highest BCUT2D eigenvalue weighted by molar-refractivity contribution is 7.92. The molecule has 0 aliphatic rings. The molecular formula is C20H17ClN4O3S. The van der Waals surface area contributed by atoms with Gasteiger partial charge < -0.3 is 4.74 Å². The number of ether oxygens (including phenoxy) is 1. The molecular weight excluding hydrogens is 412 g/mol. The summed E-state index contributed by atoms with van der Waals surface area (Å²) in [4.78, 5) is 12.1. The molecule has 0 saturated carbocycles. The van der Waals surface area contributed by atoms with Crippen molar-refractivity contribution in [3.05, 3.63) is 73.4 Å². The average molecular weight is 429 g/mol. The van der Waals surface area contributed by atoms with Gasteiger partial charge in [0.05, 0.1) is 12.0 Å². The van der Waals surface area contributed by atoms with Gasteiger partial charge in [0.1, 0.15) is 17.9 Å². The molecule has 0 radical (unpaired) electrons. The standard InChI is InChI=1S/C20H16N4O3S.ClH/c1-27-19-5-3-2-4-17(19)18-12-22-11-14-10-15(6-7-16(14)18)28(25,26)24-20-8-9-21-13-23-20;/h2-13H,1H3,(H,21,23,24);1H. The van der Waals surface area contributed by atoms with E-state index in [1.54, 1.807) is 37.7 Å². The van der Waals surface area contributed by atoms with Gasteiger partial charge in [-0.25, -0.2) is 18.4 Å². The highest BCUT2D eigenvalue weighted by atomic mass is 35.5. The molecule has 0 aliphatic heterocycles. The highest BCUT2D eigenvalue weighted by Gasteiger charge is 2.17. The van der Waals surface area contributed by atoms with Crippen molar-refractivity contribution in [2.75, 3.05) is 11.8 Å². The van der Waals surface area contributed by atoms with Crippen molar-refractivity contribution >= 4 is 39.0 Å². The largest absolute Gasteiger partial charge is 0.496 e. The summed E-state index contributed by atoms with van der Waals surface area (Å²) < 4.78 is 33.3. The topological polar surface area (TPSA) is 94.1 Å². The van der Waals surface area contributed by atoms with Crippen LogP contribution in [0, 0.1) is 0 Å². The number of hydrogen-bond donors (Lipinski definition) is 1. The number of benzene rings is 2. The first-order valence-corrected chi connectivity index (χ1v) is 9.87. The molecule has 9 heteroatoms. The zero-order chi connectivity index (χ0) is 19.6. The lowest BCUT2D eigenvalue weighted by Crippen LogP contribution is -2.13. The number of anilines is 1. The zero-order valence-corrected chi connectivity index (χ0v) is 16.9. The van der Waals surface area contributed by atoms with Crippen molar-refractivity contribution in [3.8, 4) is 16.9 Å². The Kier molecular flexibility index (Phi) is 5.95. The average Bonchev–Trinajstić information content (AvgIpc) is 2.73. The summed E-state index contributed by atoms with van der Waals surface area (Å²) in [6.07, 6.45) is 6.13. The molecule has 2 aromatic carbocycles. The molecule has 7 nitrogen and oxygen atoms in total. The van der Waals surface area contributed by atoms with Crippen LogP contribution in [0.2, 0.25) is 0 Å². The van der Waals surface area contributed by atoms with Gasteiger partial charge in [0, 0.05) is 35.1 Å². The van der Waals surface area contributed by atoms with E-state index < -0.39 is 10.0 Å². The fourth-order valence-corrected chi connectivity index (χ4v) is 3.99. The van der Waals surface area contributed by atoms with Gasteiger partial charge in [0.2, 0.25) is 0 Å². The molecule has 148 valence electrons. The second-order valence-corrected chi connectivity index (χ2v) is 7.65. The molecule has 2 heterocycles. The van der Waals surface area contributed by atoms with E-state index in [0.29, 0.717) is 5.39 Å². The molecule has 4 aromatic rings. The normalized spacial score (nSPS) is 10.9. The van der Waals surface area contributed by atoms with Gasteiger partial charge in [-0.2, -0.15) is 0 Å². The SMILES string of the molecule is COc1ccccc1-c1cncc2cc(S(=O)(=O)Nc3ccncn3)ccc12.Cl. The maximum atomic E-state index is 12.7. The van der Waals surface area contributed by atoms with Crippen molar-refractivity contribution in [2.24, 2.45) is 0 Å². The van der Waals surface area contributed by atoms with Gasteiger partial charge in [-0.05, 0) is 29.7 Å². The molecule has 0 fully saturated rings. The van der Waals surface area contributed by atoms with Crippen molar-refractivity contribution in [2.45, 2.75) is 4.90 Å². The molecule has 0 unspecified atom stereocenters. The molecule has 0 atom stereocenters. The van der Waals surface area contributed by atoms with E-state index in [2.05, 4.69) is 19.7 Å². The zero-order valence-electron chi connectivity index (χ0n) is 15.3. The van der Waals surface area contributed by atoms with E-state index in [4.69, 9.17) is 4.74 Å². The third-order valence-electron chi connectivity index (χ3n) is 4.26. The van der Waals surface area contributed by atoms with Crippen molar-refractivity contribution in [3.63, 3.8) is 0 Å². The van der Waals surface area contributed by atoms with Crippen LogP contribution in [0.3, 0.4) is 0 Å². The maximum Gasteiger partial charge on any atom is 0.263 e. The first-order chi connectivity index (χ1) is 13.6. The predicted octanol–water partition coefficient (Wildman–Crippen LogP) is 3.92. The Bertz CT molecular complexity index is 1250. The Hall–Kier alpha value is -3.23. The van der Waals surface area contributed by atoms with Crippen molar-refractivity contribution in [1.29, 1.82) is 0 Å². The minimum Gasteiger partial charge on any atom is -0.496 e. The molecule has 1 N–H and O–H groups in total. The van der Waals surface area contributed by atoms with Gasteiger partial charge in [0.15, 0.2) is 0 Å². The minimum absolute atomic E-state index is 0. The van der Waals surface area contributed by atoms with Gasteiger partial charge in [-0.15, -0.1) is 12.4 Å². The van der Waals surface area contributed by atoms with Gasteiger partial charge >= 0.3 is 0 Å². The first kappa shape index (κ1) is 20.5. The first-order valence-electron chi connectivity index (χ1n) is 8.38. The molecule has 4 rings (SSSR count). The Morgan fingerprint density at radius 2 is 1.79 bits per heavy atom. The molecule has 0 aliphatic carbocycles. The number of nitrogens with one attached hydrogen (secondary N) is 1. The van der Waals surface area contributed by atoms with E-state index in [0.717, 1.165) is 22.3 Å². The third-order valence-corrected chi connectivity index (χ3v) is 5.61. The van der Waals surface area contributed by atoms with E-state index >= 15 is 0 Å². The molecule has 2 aromatic heterocycles. The van der Waals surface area contributed by atoms with E-state index in [-0.39, 0.29) is 23.1 Å². The van der Waals surface area contributed by atoms with Crippen LogP contribution in [-0.4, -0.2) is 30.5 Å². The molecule has 29 heavy (non-hydrogen) atoms. The van der Waals surface area contributed by atoms with E-state index in [1.807, 2.05) is 24.3 Å². The van der Waals surface area contributed by atoms with Crippen LogP contribution in [0.15, 0.2) is 78.3 Å². The number of pyridine rings is 1. The number of aromatic nitrogens is 3. The summed E-state index contributed by atoms with van der Waals surface area (Å²) in [5.74, 6) is 0.926. The van der Waals surface area contributed by atoms with Gasteiger partial charge in [-0.3, -0.25) is 9.71 Å². The monoisotopic (exact) mass is 428 g/mol. The lowest BCUT2D eigenvalue weighted by molar-refractivity contribution is 0.416. The number of nitrogens with zero attached hydrogens (tertiary/aromatic N) is 3. The molecule has 0 bridgehead atoms. The molecule has 0 amide bonds. The van der Waals surface area contributed by atoms with Crippen molar-refractivity contribution in [1.82, 2.24) is 15.0 Å². The second-order valence-electron chi connectivity index (χ2n) is 5.97. The maximum absolute atomic E-state index is 12.7. The van der Waals surface area contributed by atoms with E-state index in [1.165, 1.54) is 18.6 Å². The van der Waals surface area contributed by atoms with E-state index in [9.17, 15) is 8.42 Å². The lowest BCUT2D eigenvalue weighted by atomic mass is 10.0. The van der Waals surface area contributed by atoms with Gasteiger partial charge in [0.25, 0.3) is 10.0 Å². The van der Waals surface area contributed by atoms with Crippen LogP contribution in [0.1, 0.15) is 0 Å². The summed E-state index contributed by atoms with van der Waals surface area (Å²) in [5, 5.41) is 1.58. The number of para-hydroxylation sites is 1. The summed E-state index contributed by atoms with van der Waals surface area (Å²) in [7, 11) is -2.18. The Morgan fingerprint density at radius 1 is 0.966 bits per heavy atom. The Labute approximate surface area is 174 Å². The molecule has 0 spiro atoms. The second kappa shape index (κ2) is 8.42. The predicted molar refractivity (Wildman–Crippen MR) is 114 cm³/mol. The lowest BCUT2D eigenvalue weighted by Gasteiger charge is -2.12. The smallest absolute Gasteiger partial charge is 0.263 e. The number of hydrogen-bond acceptors (Lipinski definition) is 6. The van der Waals surface area contributed by atoms with Crippen LogP contribution in [-0.2, 0) is 10.0 Å². The van der Waals surface area contributed by atoms with Gasteiger partial charge in [-0.1, -0.05) is 24.3 Å². The Morgan fingerprint density at radius 3 is 2.55 bits per heavy atom. The number of methoxy groups -OCH3 is 1. The molecule has 0 saturated heterocycles. The number of rotatable bonds is 5. The fraction of sp³-hybridized carbons (Fsp3) is 0.0500. The van der Waals surface area contributed by atoms with Crippen LogP contribution < -0.4 is 9.46 Å². The highest BCUT2D eigenvalue weighted by Crippen LogP contribution is 2.34. The third kappa shape index (κ3) is 4.13. The number of halogens is 1. The Balaban J connectivity index is 0.00000240. The number of fused-ring (bicyclic) bond motifs is 1. The van der Waals surface area contributed by atoms with Crippen LogP contribution >= 0.6 is 12.4 Å². The quantitative estimate of drug-likeness (QED) is 0.517. The number of sulfonamides is 1. The van der Waals surface area contributed by atoms with Crippen molar-refractivity contribution < 1.29 is 13.2 Å². The summed E-state index contributed by atoms with van der Waals surface area (Å²) >= 11 is 0. The summed E-state index contributed by atoms with van der Waals surface area (Å²) in [6.45, 7) is 0. The van der Waals surface area contributed by atoms with Crippen LogP contribution in [0.5, 0.6) is 5.75 Å². The minimum atomic E-state index is -3.79. The summed E-state index contributed by atoms with van der Waals surface area (Å²) in [6, 6.07) is 14.0. The fourth-order valence-electron chi connectivity index (χ4n) is 2.95. The summed E-state index contributed by atoms with van der Waals surface area (Å²) in [5.41, 5.74) is 1.75.